The summed E-state index contributed by atoms with van der Waals surface area (Å²) in [4.78, 5) is 0. The molecule has 1 aromatic heterocycles. The Labute approximate surface area is 83.0 Å². The van der Waals surface area contributed by atoms with E-state index < -0.39 is 0 Å². The molecule has 1 nitrogen and oxygen atoms in total. The Morgan fingerprint density at radius 3 is 2.83 bits per heavy atom. The van der Waals surface area contributed by atoms with Gasteiger partial charge in [0.2, 0.25) is 0 Å². The fraction of sp³-hybridized carbons (Fsp3) is 0.222. The van der Waals surface area contributed by atoms with Gasteiger partial charge in [-0.25, -0.2) is 0 Å². The zero-order valence-corrected chi connectivity index (χ0v) is 9.53. The maximum absolute atomic E-state index is 3.07. The standard InChI is InChI=1S/C9H9NSSe/c1-6-4-3-5-7-8(6)11-9(12)10(7)2/h3-5H,1-2H3. The van der Waals surface area contributed by atoms with Crippen molar-refractivity contribution in [2.24, 2.45) is 7.05 Å². The fourth-order valence-corrected chi connectivity index (χ4v) is 2.97. The van der Waals surface area contributed by atoms with Gasteiger partial charge in [0.25, 0.3) is 0 Å². The molecule has 0 aliphatic rings. The Kier molecular flexibility index (Phi) is 1.95. The van der Waals surface area contributed by atoms with E-state index >= 15 is 0 Å². The van der Waals surface area contributed by atoms with Crippen LogP contribution >= 0.6 is 11.3 Å². The number of aromatic nitrogens is 1. The molecule has 0 aliphatic heterocycles. The van der Waals surface area contributed by atoms with Crippen LogP contribution in [-0.2, 0) is 7.05 Å². The summed E-state index contributed by atoms with van der Waals surface area (Å²) in [5, 5.41) is 0. The summed E-state index contributed by atoms with van der Waals surface area (Å²) in [5.74, 6) is 0. The van der Waals surface area contributed by atoms with Gasteiger partial charge in [0.1, 0.15) is 0 Å². The van der Waals surface area contributed by atoms with Crippen LogP contribution in [0.3, 0.4) is 0 Å². The monoisotopic (exact) mass is 243 g/mol. The van der Waals surface area contributed by atoms with Crippen molar-refractivity contribution in [1.29, 1.82) is 0 Å². The van der Waals surface area contributed by atoms with Crippen LogP contribution in [0.2, 0.25) is 0 Å². The van der Waals surface area contributed by atoms with Crippen molar-refractivity contribution in [1.82, 2.24) is 4.57 Å². The first-order valence-corrected chi connectivity index (χ1v) is 5.42. The van der Waals surface area contributed by atoms with E-state index in [1.165, 1.54) is 19.3 Å². The molecular formula is C9H9NSSe. The van der Waals surface area contributed by atoms with Crippen molar-refractivity contribution in [3.8, 4) is 0 Å². The van der Waals surface area contributed by atoms with Gasteiger partial charge in [-0.1, -0.05) is 0 Å². The van der Waals surface area contributed by atoms with Crippen molar-refractivity contribution in [2.75, 3.05) is 0 Å². The maximum atomic E-state index is 3.07. The Hall–Kier alpha value is -0.371. The Bertz CT molecular complexity index is 481. The molecule has 0 radical (unpaired) electrons. The topological polar surface area (TPSA) is 4.93 Å². The van der Waals surface area contributed by atoms with E-state index in [9.17, 15) is 0 Å². The minimum atomic E-state index is 1.24. The second-order valence-electron chi connectivity index (χ2n) is 2.85. The number of thiazole rings is 1. The van der Waals surface area contributed by atoms with Crippen LogP contribution in [0.4, 0.5) is 0 Å². The van der Waals surface area contributed by atoms with E-state index in [1.54, 1.807) is 0 Å². The molecule has 0 amide bonds. The van der Waals surface area contributed by atoms with Gasteiger partial charge < -0.3 is 0 Å². The van der Waals surface area contributed by atoms with Gasteiger partial charge in [-0.3, -0.25) is 0 Å². The Morgan fingerprint density at radius 1 is 1.42 bits per heavy atom. The number of hydrogen-bond donors (Lipinski definition) is 0. The summed E-state index contributed by atoms with van der Waals surface area (Å²) in [6.07, 6.45) is 0. The van der Waals surface area contributed by atoms with Crippen molar-refractivity contribution in [3.05, 3.63) is 27.3 Å². The zero-order chi connectivity index (χ0) is 8.72. The third-order valence-corrected chi connectivity index (χ3v) is 4.30. The molecule has 2 aromatic rings. The molecule has 0 unspecified atom stereocenters. The Morgan fingerprint density at radius 2 is 2.17 bits per heavy atom. The van der Waals surface area contributed by atoms with Crippen LogP contribution in [0.1, 0.15) is 5.56 Å². The number of benzene rings is 1. The second kappa shape index (κ2) is 2.84. The fourth-order valence-electron chi connectivity index (χ4n) is 1.29. The van der Waals surface area contributed by atoms with Crippen LogP contribution in [0, 0.1) is 10.4 Å². The average molecular weight is 242 g/mol. The van der Waals surface area contributed by atoms with Crippen molar-refractivity contribution in [3.63, 3.8) is 0 Å². The molecule has 1 heterocycles. The van der Waals surface area contributed by atoms with Gasteiger partial charge >= 0.3 is 82.9 Å². The summed E-state index contributed by atoms with van der Waals surface area (Å²) < 4.78 is 4.81. The van der Waals surface area contributed by atoms with Gasteiger partial charge in [0.15, 0.2) is 0 Å². The third kappa shape index (κ3) is 1.09. The van der Waals surface area contributed by atoms with Crippen LogP contribution in [0.15, 0.2) is 18.2 Å². The van der Waals surface area contributed by atoms with E-state index in [2.05, 4.69) is 52.3 Å². The predicted octanol–water partition coefficient (Wildman–Crippen LogP) is 2.25. The van der Waals surface area contributed by atoms with Gasteiger partial charge in [-0.05, 0) is 0 Å². The molecule has 0 aliphatic carbocycles. The molecule has 0 spiro atoms. The van der Waals surface area contributed by atoms with Crippen molar-refractivity contribution >= 4 is 37.1 Å². The third-order valence-electron chi connectivity index (χ3n) is 2.02. The van der Waals surface area contributed by atoms with Crippen LogP contribution in [0.25, 0.3) is 10.2 Å². The van der Waals surface area contributed by atoms with E-state index in [0.717, 1.165) is 0 Å². The number of aryl methyl sites for hydroxylation is 2. The van der Waals surface area contributed by atoms with E-state index in [0.29, 0.717) is 0 Å². The first-order valence-electron chi connectivity index (χ1n) is 3.75. The van der Waals surface area contributed by atoms with Gasteiger partial charge in [0.05, 0.1) is 0 Å². The van der Waals surface area contributed by atoms with E-state index in [4.69, 9.17) is 0 Å². The molecule has 3 heteroatoms. The molecule has 62 valence electrons. The SMILES string of the molecule is Cc1cccc2c1sc(=[Se])n2C. The van der Waals surface area contributed by atoms with E-state index in [1.807, 2.05) is 11.3 Å². The molecule has 2 rings (SSSR count). The normalized spacial score (nSPS) is 10.8. The summed E-state index contributed by atoms with van der Waals surface area (Å²) >= 11 is 4.88. The quantitative estimate of drug-likeness (QED) is 0.624. The van der Waals surface area contributed by atoms with Gasteiger partial charge in [-0.15, -0.1) is 0 Å². The number of fused-ring (bicyclic) bond motifs is 1. The average Bonchev–Trinajstić information content (AvgIpc) is 2.32. The molecular weight excluding hydrogens is 233 g/mol. The minimum absolute atomic E-state index is 1.24. The van der Waals surface area contributed by atoms with Crippen molar-refractivity contribution < 1.29 is 0 Å². The van der Waals surface area contributed by atoms with Gasteiger partial charge in [-0.2, -0.15) is 0 Å². The number of hydrogen-bond acceptors (Lipinski definition) is 1. The summed E-state index contributed by atoms with van der Waals surface area (Å²) in [6.45, 7) is 2.15. The second-order valence-corrected chi connectivity index (χ2v) is 5.24. The van der Waals surface area contributed by atoms with E-state index in [-0.39, 0.29) is 0 Å². The van der Waals surface area contributed by atoms with Crippen LogP contribution in [0.5, 0.6) is 0 Å². The summed E-state index contributed by atoms with van der Waals surface area (Å²) in [5.41, 5.74) is 2.67. The number of nitrogens with zero attached hydrogens (tertiary/aromatic N) is 1. The number of rotatable bonds is 0. The summed E-state index contributed by atoms with van der Waals surface area (Å²) in [6, 6.07) is 6.40. The molecule has 0 N–H and O–H groups in total. The molecule has 0 atom stereocenters. The Balaban J connectivity index is 3.05. The van der Waals surface area contributed by atoms with Crippen LogP contribution in [-0.4, -0.2) is 20.1 Å². The zero-order valence-electron chi connectivity index (χ0n) is 7.00. The van der Waals surface area contributed by atoms with Crippen LogP contribution < -0.4 is 0 Å². The van der Waals surface area contributed by atoms with Crippen molar-refractivity contribution in [2.45, 2.75) is 6.92 Å². The summed E-state index contributed by atoms with van der Waals surface area (Å²) in [7, 11) is 2.09. The van der Waals surface area contributed by atoms with Gasteiger partial charge in [0, 0.05) is 0 Å². The molecule has 0 bridgehead atoms. The molecule has 1 aromatic carbocycles. The molecule has 0 fully saturated rings. The molecule has 12 heavy (non-hydrogen) atoms. The predicted molar refractivity (Wildman–Crippen MR) is 54.5 cm³/mol. The first-order chi connectivity index (χ1) is 5.70. The molecule has 0 saturated carbocycles. The molecule has 0 saturated heterocycles. The first kappa shape index (κ1) is 8.24.